The van der Waals surface area contributed by atoms with Crippen molar-refractivity contribution < 1.29 is 13.2 Å². The van der Waals surface area contributed by atoms with Gasteiger partial charge < -0.3 is 5.32 Å². The van der Waals surface area contributed by atoms with Gasteiger partial charge in [-0.15, -0.1) is 0 Å². The van der Waals surface area contributed by atoms with Crippen LogP contribution in [0.1, 0.15) is 43.1 Å². The Balaban J connectivity index is 2.07. The largest absolute Gasteiger partial charge is 0.332 e. The van der Waals surface area contributed by atoms with Gasteiger partial charge in [0.25, 0.3) is 11.5 Å². The van der Waals surface area contributed by atoms with Crippen LogP contribution in [0.4, 0.5) is 5.69 Å². The number of amides is 1. The van der Waals surface area contributed by atoms with E-state index in [0.29, 0.717) is 30.8 Å². The van der Waals surface area contributed by atoms with Gasteiger partial charge in [0, 0.05) is 38.9 Å². The Labute approximate surface area is 197 Å². The maximum Gasteiger partial charge on any atom is 0.332 e. The summed E-state index contributed by atoms with van der Waals surface area (Å²) in [6.07, 6.45) is 2.87. The van der Waals surface area contributed by atoms with Gasteiger partial charge in [-0.1, -0.05) is 27.2 Å². The summed E-state index contributed by atoms with van der Waals surface area (Å²) in [6, 6.07) is 5.65. The number of sulfonamides is 1. The molecule has 1 amide bonds. The number of anilines is 1. The number of fused-ring (bicyclic) bond motifs is 1. The highest BCUT2D eigenvalue weighted by Gasteiger charge is 2.23. The number of aryl methyl sites for hydroxylation is 2. The molecule has 1 aromatic carbocycles. The maximum absolute atomic E-state index is 13.1. The molecule has 182 valence electrons. The SMILES string of the molecule is CCCc1cnc2c(c1NC(=O)c1ccc(S(=O)(=O)N(CC)CC)cc1)c(=O)n(C)c(=O)n2C. The van der Waals surface area contributed by atoms with E-state index in [4.69, 9.17) is 0 Å². The number of carbonyl (C=O) groups excluding carboxylic acids is 1. The van der Waals surface area contributed by atoms with Crippen molar-refractivity contribution in [3.63, 3.8) is 0 Å². The summed E-state index contributed by atoms with van der Waals surface area (Å²) in [5.41, 5.74) is 0.291. The van der Waals surface area contributed by atoms with Crippen molar-refractivity contribution in [3.8, 4) is 0 Å². The second-order valence-electron chi connectivity index (χ2n) is 7.88. The summed E-state index contributed by atoms with van der Waals surface area (Å²) in [5.74, 6) is -0.507. The minimum Gasteiger partial charge on any atom is -0.321 e. The van der Waals surface area contributed by atoms with Crippen LogP contribution in [0.15, 0.2) is 44.9 Å². The van der Waals surface area contributed by atoms with E-state index in [2.05, 4.69) is 10.3 Å². The van der Waals surface area contributed by atoms with Gasteiger partial charge >= 0.3 is 5.69 Å². The van der Waals surface area contributed by atoms with E-state index in [1.165, 1.54) is 47.2 Å². The second-order valence-corrected chi connectivity index (χ2v) is 9.82. The first-order valence-electron chi connectivity index (χ1n) is 11.1. The molecule has 0 bridgehead atoms. The van der Waals surface area contributed by atoms with E-state index < -0.39 is 27.2 Å². The summed E-state index contributed by atoms with van der Waals surface area (Å²) in [4.78, 5) is 42.8. The van der Waals surface area contributed by atoms with Crippen LogP contribution in [-0.2, 0) is 30.5 Å². The lowest BCUT2D eigenvalue weighted by atomic mass is 10.1. The van der Waals surface area contributed by atoms with Crippen LogP contribution in [-0.4, -0.2) is 45.8 Å². The van der Waals surface area contributed by atoms with Gasteiger partial charge in [-0.25, -0.2) is 18.2 Å². The molecular weight excluding hydrogens is 458 g/mol. The van der Waals surface area contributed by atoms with Crippen LogP contribution >= 0.6 is 0 Å². The number of carbonyl (C=O) groups is 1. The number of pyridine rings is 1. The van der Waals surface area contributed by atoms with Crippen LogP contribution in [0.2, 0.25) is 0 Å². The molecule has 34 heavy (non-hydrogen) atoms. The molecule has 3 aromatic rings. The van der Waals surface area contributed by atoms with Crippen LogP contribution in [0.3, 0.4) is 0 Å². The first-order valence-corrected chi connectivity index (χ1v) is 12.5. The molecule has 0 radical (unpaired) electrons. The lowest BCUT2D eigenvalue weighted by molar-refractivity contribution is 0.102. The number of nitrogens with zero attached hydrogens (tertiary/aromatic N) is 4. The molecule has 0 spiro atoms. The Bertz CT molecular complexity index is 1450. The van der Waals surface area contributed by atoms with Crippen LogP contribution in [0.25, 0.3) is 11.0 Å². The van der Waals surface area contributed by atoms with Crippen LogP contribution in [0, 0.1) is 0 Å². The zero-order valence-corrected chi connectivity index (χ0v) is 20.8. The third-order valence-corrected chi connectivity index (χ3v) is 7.83. The summed E-state index contributed by atoms with van der Waals surface area (Å²) in [6.45, 7) is 6.16. The zero-order valence-electron chi connectivity index (χ0n) is 20.0. The third kappa shape index (κ3) is 4.40. The van der Waals surface area contributed by atoms with Crippen LogP contribution < -0.4 is 16.6 Å². The molecule has 0 aliphatic carbocycles. The number of hydrogen-bond acceptors (Lipinski definition) is 6. The van der Waals surface area contributed by atoms with E-state index in [1.807, 2.05) is 6.92 Å². The zero-order chi connectivity index (χ0) is 25.2. The molecule has 1 N–H and O–H groups in total. The molecule has 2 aromatic heterocycles. The topological polar surface area (TPSA) is 123 Å². The molecule has 0 fully saturated rings. The molecule has 0 atom stereocenters. The number of nitrogens with one attached hydrogen (secondary N) is 1. The molecule has 0 saturated heterocycles. The predicted molar refractivity (Wildman–Crippen MR) is 131 cm³/mol. The van der Waals surface area contributed by atoms with Crippen molar-refractivity contribution in [3.05, 3.63) is 62.4 Å². The molecule has 11 heteroatoms. The summed E-state index contributed by atoms with van der Waals surface area (Å²) < 4.78 is 29.0. The predicted octanol–water partition coefficient (Wildman–Crippen LogP) is 1.87. The van der Waals surface area contributed by atoms with E-state index in [1.54, 1.807) is 20.0 Å². The first kappa shape index (κ1) is 25.3. The van der Waals surface area contributed by atoms with Gasteiger partial charge in [0.1, 0.15) is 5.39 Å². The average molecular weight is 488 g/mol. The molecule has 2 heterocycles. The Kier molecular flexibility index (Phi) is 7.37. The summed E-state index contributed by atoms with van der Waals surface area (Å²) >= 11 is 0. The molecule has 0 aliphatic rings. The molecule has 3 rings (SSSR count). The molecular formula is C23H29N5O5S. The minimum absolute atomic E-state index is 0.0950. The highest BCUT2D eigenvalue weighted by molar-refractivity contribution is 7.89. The maximum atomic E-state index is 13.1. The molecule has 10 nitrogen and oxygen atoms in total. The smallest absolute Gasteiger partial charge is 0.321 e. The molecule has 0 aliphatic heterocycles. The van der Waals surface area contributed by atoms with Crippen molar-refractivity contribution in [1.29, 1.82) is 0 Å². The van der Waals surface area contributed by atoms with E-state index in [0.717, 1.165) is 11.0 Å². The number of rotatable bonds is 8. The van der Waals surface area contributed by atoms with Crippen molar-refractivity contribution in [2.24, 2.45) is 14.1 Å². The fraction of sp³-hybridized carbons (Fsp3) is 0.391. The van der Waals surface area contributed by atoms with E-state index >= 15 is 0 Å². The Morgan fingerprint density at radius 1 is 1.03 bits per heavy atom. The number of benzene rings is 1. The van der Waals surface area contributed by atoms with E-state index in [-0.39, 0.29) is 21.5 Å². The first-order chi connectivity index (χ1) is 16.1. The molecule has 0 unspecified atom stereocenters. The van der Waals surface area contributed by atoms with Crippen LogP contribution in [0.5, 0.6) is 0 Å². The third-order valence-electron chi connectivity index (χ3n) is 5.77. The highest BCUT2D eigenvalue weighted by atomic mass is 32.2. The Hall–Kier alpha value is -3.31. The second kappa shape index (κ2) is 9.90. The van der Waals surface area contributed by atoms with Crippen molar-refractivity contribution in [2.75, 3.05) is 18.4 Å². The van der Waals surface area contributed by atoms with Gasteiger partial charge in [-0.05, 0) is 36.2 Å². The summed E-state index contributed by atoms with van der Waals surface area (Å²) in [5, 5.41) is 2.95. The van der Waals surface area contributed by atoms with E-state index in [9.17, 15) is 22.8 Å². The summed E-state index contributed by atoms with van der Waals surface area (Å²) in [7, 11) is -0.764. The Morgan fingerprint density at radius 2 is 1.65 bits per heavy atom. The normalized spacial score (nSPS) is 11.8. The van der Waals surface area contributed by atoms with Gasteiger partial charge in [-0.3, -0.25) is 18.7 Å². The minimum atomic E-state index is -3.65. The monoisotopic (exact) mass is 487 g/mol. The van der Waals surface area contributed by atoms with Crippen molar-refractivity contribution in [1.82, 2.24) is 18.4 Å². The van der Waals surface area contributed by atoms with Gasteiger partial charge in [0.15, 0.2) is 5.65 Å². The average Bonchev–Trinajstić information content (AvgIpc) is 2.83. The number of hydrogen-bond donors (Lipinski definition) is 1. The number of aromatic nitrogens is 3. The fourth-order valence-electron chi connectivity index (χ4n) is 3.85. The van der Waals surface area contributed by atoms with Gasteiger partial charge in [-0.2, -0.15) is 4.31 Å². The standard InChI is InChI=1S/C23H29N5O5S/c1-6-9-16-14-24-20-18(22(30)27(5)23(31)26(20)4)19(16)25-21(29)15-10-12-17(13-11-15)34(32,33)28(7-2)8-3/h10-14H,6-9H2,1-5H3,(H,24,25,29). The lowest BCUT2D eigenvalue weighted by Gasteiger charge is -2.18. The lowest BCUT2D eigenvalue weighted by Crippen LogP contribution is -2.38. The Morgan fingerprint density at radius 3 is 2.21 bits per heavy atom. The highest BCUT2D eigenvalue weighted by Crippen LogP contribution is 2.25. The van der Waals surface area contributed by atoms with Gasteiger partial charge in [0.2, 0.25) is 10.0 Å². The van der Waals surface area contributed by atoms with Crippen molar-refractivity contribution in [2.45, 2.75) is 38.5 Å². The quantitative estimate of drug-likeness (QED) is 0.517. The molecule has 0 saturated carbocycles. The van der Waals surface area contributed by atoms with Crippen molar-refractivity contribution >= 4 is 32.7 Å². The van der Waals surface area contributed by atoms with Gasteiger partial charge in [0.05, 0.1) is 10.6 Å². The fourth-order valence-corrected chi connectivity index (χ4v) is 5.30.